The van der Waals surface area contributed by atoms with Crippen molar-refractivity contribution in [3.63, 3.8) is 0 Å². The zero-order valence-electron chi connectivity index (χ0n) is 16.3. The second-order valence-electron chi connectivity index (χ2n) is 8.17. The summed E-state index contributed by atoms with van der Waals surface area (Å²) < 4.78 is 5.06. The molecule has 0 aromatic heterocycles. The molecular formula is C20H24ClN3O4. The van der Waals surface area contributed by atoms with Crippen LogP contribution in [0.2, 0.25) is 5.02 Å². The number of likely N-dealkylation sites (tertiary alicyclic amines) is 1. The lowest BCUT2D eigenvalue weighted by Crippen LogP contribution is -2.54. The molecule has 3 aliphatic heterocycles. The number of benzene rings is 1. The zero-order chi connectivity index (χ0) is 20.4. The van der Waals surface area contributed by atoms with Gasteiger partial charge in [0.2, 0.25) is 17.7 Å². The van der Waals surface area contributed by atoms with E-state index in [-0.39, 0.29) is 42.8 Å². The maximum Gasteiger partial charge on any atom is 0.250 e. The Morgan fingerprint density at radius 2 is 1.96 bits per heavy atom. The molecule has 150 valence electrons. The molecule has 4 unspecified atom stereocenters. The standard InChI is InChI=1S/C20H24ClN3O4/c1-9(2)15-13-14(18(26)24(17(13)25)5-6-28-4)20(23-15)11-7-10(3)8-12(21)16(11)22-19(20)27/h7-9,13-15,23H,5-6H2,1-4H3,(H,22,27). The first-order valence-corrected chi connectivity index (χ1v) is 9.85. The normalized spacial score (nSPS) is 31.1. The van der Waals surface area contributed by atoms with Gasteiger partial charge in [-0.15, -0.1) is 0 Å². The molecule has 28 heavy (non-hydrogen) atoms. The number of fused-ring (bicyclic) bond motifs is 4. The van der Waals surface area contributed by atoms with Gasteiger partial charge in [-0.1, -0.05) is 31.5 Å². The minimum atomic E-state index is -1.29. The Labute approximate surface area is 168 Å². The molecule has 0 aliphatic carbocycles. The summed E-state index contributed by atoms with van der Waals surface area (Å²) in [6, 6.07) is 3.35. The highest BCUT2D eigenvalue weighted by Gasteiger charge is 2.70. The Bertz CT molecular complexity index is 886. The van der Waals surface area contributed by atoms with E-state index in [0.29, 0.717) is 16.3 Å². The molecule has 0 radical (unpaired) electrons. The molecule has 3 heterocycles. The molecule has 2 N–H and O–H groups in total. The van der Waals surface area contributed by atoms with Crippen molar-refractivity contribution < 1.29 is 19.1 Å². The van der Waals surface area contributed by atoms with Crippen molar-refractivity contribution in [3.05, 3.63) is 28.3 Å². The summed E-state index contributed by atoms with van der Waals surface area (Å²) in [5.74, 6) is -2.24. The number of carbonyl (C=O) groups excluding carboxylic acids is 3. The van der Waals surface area contributed by atoms with Crippen molar-refractivity contribution in [2.45, 2.75) is 32.4 Å². The van der Waals surface area contributed by atoms with E-state index in [1.54, 1.807) is 6.07 Å². The van der Waals surface area contributed by atoms with Gasteiger partial charge >= 0.3 is 0 Å². The van der Waals surface area contributed by atoms with Crippen LogP contribution in [0.3, 0.4) is 0 Å². The Morgan fingerprint density at radius 1 is 1.25 bits per heavy atom. The second-order valence-corrected chi connectivity index (χ2v) is 8.58. The quantitative estimate of drug-likeness (QED) is 0.744. The van der Waals surface area contributed by atoms with Crippen LogP contribution in [-0.2, 0) is 24.7 Å². The predicted octanol–water partition coefficient (Wildman–Crippen LogP) is 1.67. The van der Waals surface area contributed by atoms with Gasteiger partial charge < -0.3 is 10.1 Å². The van der Waals surface area contributed by atoms with Gasteiger partial charge in [-0.3, -0.25) is 24.6 Å². The van der Waals surface area contributed by atoms with Gasteiger partial charge in [0.05, 0.1) is 35.7 Å². The van der Waals surface area contributed by atoms with Crippen molar-refractivity contribution in [2.75, 3.05) is 25.6 Å². The molecule has 0 bridgehead atoms. The molecule has 1 spiro atoms. The number of carbonyl (C=O) groups is 3. The van der Waals surface area contributed by atoms with Crippen molar-refractivity contribution in [1.82, 2.24) is 10.2 Å². The van der Waals surface area contributed by atoms with Crippen LogP contribution < -0.4 is 10.6 Å². The fraction of sp³-hybridized carbons (Fsp3) is 0.550. The van der Waals surface area contributed by atoms with Crippen LogP contribution in [0.5, 0.6) is 0 Å². The molecule has 0 saturated carbocycles. The predicted molar refractivity (Wildman–Crippen MR) is 104 cm³/mol. The largest absolute Gasteiger partial charge is 0.383 e. The van der Waals surface area contributed by atoms with Gasteiger partial charge in [0, 0.05) is 18.7 Å². The first-order chi connectivity index (χ1) is 13.2. The van der Waals surface area contributed by atoms with E-state index < -0.39 is 17.4 Å². The smallest absolute Gasteiger partial charge is 0.250 e. The van der Waals surface area contributed by atoms with E-state index in [4.69, 9.17) is 16.3 Å². The van der Waals surface area contributed by atoms with E-state index in [9.17, 15) is 14.4 Å². The Morgan fingerprint density at radius 3 is 2.61 bits per heavy atom. The molecule has 7 nitrogen and oxygen atoms in total. The number of rotatable bonds is 4. The van der Waals surface area contributed by atoms with Gasteiger partial charge in [-0.05, 0) is 24.5 Å². The first kappa shape index (κ1) is 19.4. The minimum Gasteiger partial charge on any atom is -0.383 e. The lowest BCUT2D eigenvalue weighted by molar-refractivity contribution is -0.143. The number of methoxy groups -OCH3 is 1. The second kappa shape index (κ2) is 6.54. The van der Waals surface area contributed by atoms with Crippen LogP contribution in [0.1, 0.15) is 25.0 Å². The minimum absolute atomic E-state index is 0.0585. The fourth-order valence-corrected chi connectivity index (χ4v) is 5.28. The Kier molecular flexibility index (Phi) is 4.52. The van der Waals surface area contributed by atoms with Gasteiger partial charge in [0.25, 0.3) is 0 Å². The summed E-state index contributed by atoms with van der Waals surface area (Å²) in [7, 11) is 1.53. The molecule has 2 fully saturated rings. The number of anilines is 1. The number of hydrogen-bond donors (Lipinski definition) is 2. The summed E-state index contributed by atoms with van der Waals surface area (Å²) >= 11 is 6.38. The molecule has 8 heteroatoms. The van der Waals surface area contributed by atoms with Gasteiger partial charge in [-0.2, -0.15) is 0 Å². The van der Waals surface area contributed by atoms with Crippen LogP contribution in [0.4, 0.5) is 5.69 Å². The average Bonchev–Trinajstić information content (AvgIpc) is 3.21. The Hall–Kier alpha value is -1.96. The molecule has 3 amide bonds. The van der Waals surface area contributed by atoms with Gasteiger partial charge in [0.1, 0.15) is 5.54 Å². The van der Waals surface area contributed by atoms with Crippen molar-refractivity contribution in [2.24, 2.45) is 17.8 Å². The van der Waals surface area contributed by atoms with E-state index in [1.165, 1.54) is 12.0 Å². The highest BCUT2D eigenvalue weighted by molar-refractivity contribution is 6.35. The number of ether oxygens (including phenoxy) is 1. The molecule has 4 atom stereocenters. The lowest BCUT2D eigenvalue weighted by atomic mass is 9.75. The average molecular weight is 406 g/mol. The van der Waals surface area contributed by atoms with Crippen molar-refractivity contribution in [3.8, 4) is 0 Å². The Balaban J connectivity index is 1.89. The van der Waals surface area contributed by atoms with Crippen molar-refractivity contribution in [1.29, 1.82) is 0 Å². The highest BCUT2D eigenvalue weighted by atomic mass is 35.5. The van der Waals surface area contributed by atoms with Crippen LogP contribution in [-0.4, -0.2) is 48.9 Å². The summed E-state index contributed by atoms with van der Waals surface area (Å²) in [6.45, 7) is 6.31. The maximum absolute atomic E-state index is 13.4. The van der Waals surface area contributed by atoms with Crippen molar-refractivity contribution >= 4 is 35.0 Å². The van der Waals surface area contributed by atoms with E-state index in [1.807, 2.05) is 26.8 Å². The SMILES string of the molecule is COCCN1C(=O)C2C(C(C)C)NC3(C(=O)Nc4c(Cl)cc(C)cc43)C2C1=O. The number of halogens is 1. The third kappa shape index (κ3) is 2.39. The summed E-state index contributed by atoms with van der Waals surface area (Å²) in [6.07, 6.45) is 0. The molecular weight excluding hydrogens is 382 g/mol. The summed E-state index contributed by atoms with van der Waals surface area (Å²) in [5, 5.41) is 6.68. The maximum atomic E-state index is 13.4. The third-order valence-electron chi connectivity index (χ3n) is 6.18. The summed E-state index contributed by atoms with van der Waals surface area (Å²) in [5.41, 5.74) is 0.761. The number of nitrogens with one attached hydrogen (secondary N) is 2. The zero-order valence-corrected chi connectivity index (χ0v) is 17.1. The number of aryl methyl sites for hydroxylation is 1. The van der Waals surface area contributed by atoms with Crippen LogP contribution in [0.25, 0.3) is 0 Å². The fourth-order valence-electron chi connectivity index (χ4n) is 4.96. The monoisotopic (exact) mass is 405 g/mol. The highest BCUT2D eigenvalue weighted by Crippen LogP contribution is 2.55. The van der Waals surface area contributed by atoms with Gasteiger partial charge in [0.15, 0.2) is 0 Å². The summed E-state index contributed by atoms with van der Waals surface area (Å²) in [4.78, 5) is 41.0. The molecule has 1 aromatic carbocycles. The molecule has 1 aromatic rings. The number of amides is 3. The molecule has 4 rings (SSSR count). The van der Waals surface area contributed by atoms with E-state index in [0.717, 1.165) is 5.56 Å². The number of nitrogens with zero attached hydrogens (tertiary/aromatic N) is 1. The van der Waals surface area contributed by atoms with Crippen LogP contribution >= 0.6 is 11.6 Å². The number of hydrogen-bond acceptors (Lipinski definition) is 5. The molecule has 2 saturated heterocycles. The van der Waals surface area contributed by atoms with E-state index >= 15 is 0 Å². The molecule has 3 aliphatic rings. The lowest BCUT2D eigenvalue weighted by Gasteiger charge is -2.30. The third-order valence-corrected chi connectivity index (χ3v) is 6.48. The van der Waals surface area contributed by atoms with Crippen LogP contribution in [0, 0.1) is 24.7 Å². The first-order valence-electron chi connectivity index (χ1n) is 9.48. The number of imide groups is 1. The van der Waals surface area contributed by atoms with Gasteiger partial charge in [-0.25, -0.2) is 0 Å². The van der Waals surface area contributed by atoms with Crippen LogP contribution in [0.15, 0.2) is 12.1 Å². The topological polar surface area (TPSA) is 87.7 Å². The van der Waals surface area contributed by atoms with E-state index in [2.05, 4.69) is 10.6 Å².